The van der Waals surface area contributed by atoms with Crippen LogP contribution in [0.15, 0.2) is 72.9 Å². The van der Waals surface area contributed by atoms with E-state index < -0.39 is 0 Å². The second-order valence-electron chi connectivity index (χ2n) is 6.30. The minimum Gasteiger partial charge on any atom is -0.454 e. The molecular formula is C23H19FN2O. The van der Waals surface area contributed by atoms with Crippen molar-refractivity contribution >= 4 is 22.6 Å². The van der Waals surface area contributed by atoms with Crippen molar-refractivity contribution in [1.82, 2.24) is 10.2 Å². The predicted molar refractivity (Wildman–Crippen MR) is 107 cm³/mol. The van der Waals surface area contributed by atoms with Crippen molar-refractivity contribution in [2.45, 2.75) is 13.3 Å². The maximum Gasteiger partial charge on any atom is 0.166 e. The van der Waals surface area contributed by atoms with Crippen molar-refractivity contribution in [2.24, 2.45) is 0 Å². The quantitative estimate of drug-likeness (QED) is 0.417. The molecule has 1 aromatic heterocycles. The number of nitrogens with zero attached hydrogens (tertiary/aromatic N) is 1. The van der Waals surface area contributed by atoms with Gasteiger partial charge in [0.2, 0.25) is 0 Å². The number of fused-ring (bicyclic) bond motifs is 1. The maximum absolute atomic E-state index is 14.6. The molecule has 0 bridgehead atoms. The first-order valence-electron chi connectivity index (χ1n) is 8.89. The SMILES string of the molecule is CC/C(=C\c1ccc2[nH]ncc2c1)c1ccc(Oc2ccccc2)c(F)c1. The fourth-order valence-corrected chi connectivity index (χ4v) is 3.04. The summed E-state index contributed by atoms with van der Waals surface area (Å²) in [6.07, 6.45) is 4.67. The van der Waals surface area contributed by atoms with Crippen LogP contribution >= 0.6 is 0 Å². The highest BCUT2D eigenvalue weighted by atomic mass is 19.1. The van der Waals surface area contributed by atoms with E-state index in [9.17, 15) is 4.39 Å². The van der Waals surface area contributed by atoms with E-state index >= 15 is 0 Å². The zero-order valence-electron chi connectivity index (χ0n) is 14.9. The van der Waals surface area contributed by atoms with E-state index in [1.165, 1.54) is 6.07 Å². The molecule has 134 valence electrons. The third kappa shape index (κ3) is 3.75. The monoisotopic (exact) mass is 358 g/mol. The number of H-pyrrole nitrogens is 1. The molecule has 0 amide bonds. The van der Waals surface area contributed by atoms with E-state index in [1.807, 2.05) is 36.4 Å². The van der Waals surface area contributed by atoms with Crippen LogP contribution in [0, 0.1) is 5.82 Å². The number of rotatable bonds is 5. The summed E-state index contributed by atoms with van der Waals surface area (Å²) in [5.41, 5.74) is 3.97. The van der Waals surface area contributed by atoms with Gasteiger partial charge in [0.05, 0.1) is 11.7 Å². The fourth-order valence-electron chi connectivity index (χ4n) is 3.04. The number of allylic oxidation sites excluding steroid dienone is 1. The van der Waals surface area contributed by atoms with Gasteiger partial charge in [-0.2, -0.15) is 5.10 Å². The van der Waals surface area contributed by atoms with Gasteiger partial charge in [-0.25, -0.2) is 4.39 Å². The van der Waals surface area contributed by atoms with E-state index in [2.05, 4.69) is 29.3 Å². The molecule has 4 rings (SSSR count). The molecule has 1 N–H and O–H groups in total. The van der Waals surface area contributed by atoms with Crippen LogP contribution in [-0.4, -0.2) is 10.2 Å². The summed E-state index contributed by atoms with van der Waals surface area (Å²) in [5, 5.41) is 8.04. The smallest absolute Gasteiger partial charge is 0.166 e. The van der Waals surface area contributed by atoms with Gasteiger partial charge in [0.15, 0.2) is 11.6 Å². The Bertz CT molecular complexity index is 1100. The molecule has 0 radical (unpaired) electrons. The molecule has 4 heteroatoms. The Morgan fingerprint density at radius 2 is 1.93 bits per heavy atom. The third-order valence-corrected chi connectivity index (χ3v) is 4.46. The van der Waals surface area contributed by atoms with Gasteiger partial charge in [-0.1, -0.05) is 43.3 Å². The highest BCUT2D eigenvalue weighted by molar-refractivity contribution is 5.86. The first-order chi connectivity index (χ1) is 13.2. The number of hydrogen-bond donors (Lipinski definition) is 1. The molecule has 0 saturated carbocycles. The molecule has 0 aliphatic heterocycles. The average molecular weight is 358 g/mol. The van der Waals surface area contributed by atoms with Gasteiger partial charge in [0.1, 0.15) is 5.75 Å². The summed E-state index contributed by atoms with van der Waals surface area (Å²) < 4.78 is 20.2. The van der Waals surface area contributed by atoms with Crippen LogP contribution in [0.1, 0.15) is 24.5 Å². The van der Waals surface area contributed by atoms with E-state index in [4.69, 9.17) is 4.74 Å². The minimum absolute atomic E-state index is 0.222. The van der Waals surface area contributed by atoms with Crippen molar-refractivity contribution in [3.05, 3.63) is 89.9 Å². The molecule has 0 saturated heterocycles. The number of aromatic amines is 1. The standard InChI is InChI=1S/C23H19FN2O/c1-2-17(12-16-8-10-22-19(13-16)15-25-26-22)18-9-11-23(21(24)14-18)27-20-6-4-3-5-7-20/h3-15H,2H2,1H3,(H,25,26)/b17-12+. The molecule has 0 aliphatic carbocycles. The Morgan fingerprint density at radius 3 is 2.70 bits per heavy atom. The number of para-hydroxylation sites is 1. The van der Waals surface area contributed by atoms with Crippen LogP contribution in [0.5, 0.6) is 11.5 Å². The molecule has 0 unspecified atom stereocenters. The lowest BCUT2D eigenvalue weighted by atomic mass is 10.00. The van der Waals surface area contributed by atoms with Crippen LogP contribution in [0.4, 0.5) is 4.39 Å². The van der Waals surface area contributed by atoms with Crippen molar-refractivity contribution < 1.29 is 9.13 Å². The molecule has 0 aliphatic rings. The number of nitrogens with one attached hydrogen (secondary N) is 1. The van der Waals surface area contributed by atoms with Crippen molar-refractivity contribution in [3.63, 3.8) is 0 Å². The summed E-state index contributed by atoms with van der Waals surface area (Å²) in [4.78, 5) is 0. The molecule has 0 fully saturated rings. The van der Waals surface area contributed by atoms with E-state index in [0.717, 1.165) is 34.0 Å². The lowest BCUT2D eigenvalue weighted by Crippen LogP contribution is -1.91. The second kappa shape index (κ2) is 7.46. The van der Waals surface area contributed by atoms with Gasteiger partial charge < -0.3 is 4.74 Å². The first-order valence-corrected chi connectivity index (χ1v) is 8.89. The fraction of sp³-hybridized carbons (Fsp3) is 0.0870. The molecule has 3 nitrogen and oxygen atoms in total. The Morgan fingerprint density at radius 1 is 1.07 bits per heavy atom. The Kier molecular flexibility index (Phi) is 4.71. The van der Waals surface area contributed by atoms with Crippen LogP contribution in [0.3, 0.4) is 0 Å². The summed E-state index contributed by atoms with van der Waals surface area (Å²) in [5.74, 6) is 0.463. The van der Waals surface area contributed by atoms with Crippen LogP contribution in [-0.2, 0) is 0 Å². The molecule has 0 spiro atoms. The van der Waals surface area contributed by atoms with Gasteiger partial charge >= 0.3 is 0 Å². The molecule has 0 atom stereocenters. The molecule has 1 heterocycles. The summed E-state index contributed by atoms with van der Waals surface area (Å²) >= 11 is 0. The van der Waals surface area contributed by atoms with Crippen LogP contribution in [0.2, 0.25) is 0 Å². The topological polar surface area (TPSA) is 37.9 Å². The van der Waals surface area contributed by atoms with Gasteiger partial charge in [0.25, 0.3) is 0 Å². The molecule has 3 aromatic carbocycles. The lowest BCUT2D eigenvalue weighted by molar-refractivity contribution is 0.442. The van der Waals surface area contributed by atoms with E-state index in [1.54, 1.807) is 24.4 Å². The van der Waals surface area contributed by atoms with Crippen molar-refractivity contribution in [3.8, 4) is 11.5 Å². The Balaban J connectivity index is 1.63. The largest absolute Gasteiger partial charge is 0.454 e. The van der Waals surface area contributed by atoms with Crippen molar-refractivity contribution in [2.75, 3.05) is 0 Å². The minimum atomic E-state index is -0.374. The predicted octanol–water partition coefficient (Wildman–Crippen LogP) is 6.44. The number of halogens is 1. The number of benzene rings is 3. The van der Waals surface area contributed by atoms with Crippen LogP contribution < -0.4 is 4.74 Å². The Hall–Kier alpha value is -3.40. The summed E-state index contributed by atoms with van der Waals surface area (Å²) in [6.45, 7) is 2.06. The third-order valence-electron chi connectivity index (χ3n) is 4.46. The Labute approximate surface area is 157 Å². The molecule has 27 heavy (non-hydrogen) atoms. The zero-order valence-corrected chi connectivity index (χ0v) is 14.9. The van der Waals surface area contributed by atoms with Gasteiger partial charge in [0, 0.05) is 5.39 Å². The second-order valence-corrected chi connectivity index (χ2v) is 6.30. The summed E-state index contributed by atoms with van der Waals surface area (Å²) in [6, 6.07) is 20.4. The van der Waals surface area contributed by atoms with E-state index in [0.29, 0.717) is 5.75 Å². The van der Waals surface area contributed by atoms with Gasteiger partial charge in [-0.05, 0) is 59.5 Å². The first kappa shape index (κ1) is 17.0. The van der Waals surface area contributed by atoms with Crippen LogP contribution in [0.25, 0.3) is 22.6 Å². The normalized spacial score (nSPS) is 11.7. The summed E-state index contributed by atoms with van der Waals surface area (Å²) in [7, 11) is 0. The number of ether oxygens (including phenoxy) is 1. The number of hydrogen-bond acceptors (Lipinski definition) is 2. The van der Waals surface area contributed by atoms with Crippen molar-refractivity contribution in [1.29, 1.82) is 0 Å². The molecular weight excluding hydrogens is 339 g/mol. The highest BCUT2D eigenvalue weighted by Gasteiger charge is 2.09. The number of aromatic nitrogens is 2. The van der Waals surface area contributed by atoms with Gasteiger partial charge in [-0.3, -0.25) is 5.10 Å². The zero-order chi connectivity index (χ0) is 18.6. The lowest BCUT2D eigenvalue weighted by Gasteiger charge is -2.10. The van der Waals surface area contributed by atoms with Gasteiger partial charge in [-0.15, -0.1) is 0 Å². The van der Waals surface area contributed by atoms with E-state index in [-0.39, 0.29) is 11.6 Å². The highest BCUT2D eigenvalue weighted by Crippen LogP contribution is 2.29. The average Bonchev–Trinajstić information content (AvgIpc) is 3.16. The maximum atomic E-state index is 14.6. The molecule has 4 aromatic rings.